The number of amides is 1. The van der Waals surface area contributed by atoms with Crippen molar-refractivity contribution in [3.63, 3.8) is 0 Å². The van der Waals surface area contributed by atoms with Crippen molar-refractivity contribution in [3.05, 3.63) is 66.7 Å². The zero-order valence-electron chi connectivity index (χ0n) is 11.1. The summed E-state index contributed by atoms with van der Waals surface area (Å²) in [6, 6.07) is 14.4. The number of rotatable bonds is 5. The second kappa shape index (κ2) is 5.80. The van der Waals surface area contributed by atoms with E-state index >= 15 is 0 Å². The minimum atomic E-state index is -3.74. The van der Waals surface area contributed by atoms with Crippen LogP contribution in [-0.4, -0.2) is 14.3 Å². The number of carbonyl (C=O) groups is 1. The number of carbonyl (C=O) groups excluding carboxylic acids is 1. The fourth-order valence-corrected chi connectivity index (χ4v) is 2.82. The van der Waals surface area contributed by atoms with Gasteiger partial charge >= 0.3 is 0 Å². The Morgan fingerprint density at radius 2 is 1.71 bits per heavy atom. The van der Waals surface area contributed by atoms with Gasteiger partial charge in [0.25, 0.3) is 10.0 Å². The van der Waals surface area contributed by atoms with E-state index in [-0.39, 0.29) is 10.5 Å². The molecule has 0 radical (unpaired) electrons. The first-order valence-corrected chi connectivity index (χ1v) is 7.55. The molecule has 2 rings (SSSR count). The molecule has 0 aliphatic carbocycles. The molecule has 0 heterocycles. The zero-order chi connectivity index (χ0) is 15.5. The van der Waals surface area contributed by atoms with Crippen molar-refractivity contribution in [1.29, 1.82) is 0 Å². The molecule has 0 unspecified atom stereocenters. The number of primary amides is 1. The SMILES string of the molecule is C=C(C(N)=O)c1cccc(S(=O)(=O)Nc2ccccc2)c1. The van der Waals surface area contributed by atoms with Crippen LogP contribution in [-0.2, 0) is 14.8 Å². The number of hydrogen-bond acceptors (Lipinski definition) is 3. The first kappa shape index (κ1) is 14.8. The van der Waals surface area contributed by atoms with Gasteiger partial charge in [-0.3, -0.25) is 9.52 Å². The lowest BCUT2D eigenvalue weighted by Crippen LogP contribution is -2.15. The molecule has 108 valence electrons. The number of nitrogens with two attached hydrogens (primary N) is 1. The normalized spacial score (nSPS) is 10.9. The van der Waals surface area contributed by atoms with E-state index < -0.39 is 15.9 Å². The Balaban J connectivity index is 2.35. The standard InChI is InChI=1S/C15H14N2O3S/c1-11(15(16)18)12-6-5-9-14(10-12)21(19,20)17-13-7-3-2-4-8-13/h2-10,17H,1H2,(H2,16,18). The molecule has 0 atom stereocenters. The van der Waals surface area contributed by atoms with Gasteiger partial charge in [-0.1, -0.05) is 36.9 Å². The second-order valence-electron chi connectivity index (χ2n) is 4.34. The highest BCUT2D eigenvalue weighted by Crippen LogP contribution is 2.20. The van der Waals surface area contributed by atoms with Crippen molar-refractivity contribution < 1.29 is 13.2 Å². The monoisotopic (exact) mass is 302 g/mol. The van der Waals surface area contributed by atoms with E-state index in [1.54, 1.807) is 36.4 Å². The van der Waals surface area contributed by atoms with E-state index in [4.69, 9.17) is 5.73 Å². The Morgan fingerprint density at radius 3 is 2.33 bits per heavy atom. The molecule has 0 spiro atoms. The molecule has 0 aliphatic heterocycles. The van der Waals surface area contributed by atoms with Crippen LogP contribution in [0.5, 0.6) is 0 Å². The minimum Gasteiger partial charge on any atom is -0.366 e. The van der Waals surface area contributed by atoms with Gasteiger partial charge in [0.1, 0.15) is 0 Å². The van der Waals surface area contributed by atoms with Crippen molar-refractivity contribution in [2.45, 2.75) is 4.90 Å². The first-order chi connectivity index (χ1) is 9.90. The van der Waals surface area contributed by atoms with E-state index in [1.165, 1.54) is 18.2 Å². The largest absolute Gasteiger partial charge is 0.366 e. The predicted octanol–water partition coefficient (Wildman–Crippen LogP) is 1.99. The van der Waals surface area contributed by atoms with Crippen LogP contribution in [0.15, 0.2) is 66.1 Å². The van der Waals surface area contributed by atoms with Gasteiger partial charge in [0.05, 0.1) is 4.90 Å². The molecule has 0 saturated carbocycles. The summed E-state index contributed by atoms with van der Waals surface area (Å²) in [7, 11) is -3.74. The Morgan fingerprint density at radius 1 is 1.05 bits per heavy atom. The summed E-state index contributed by atoms with van der Waals surface area (Å²) in [4.78, 5) is 11.1. The zero-order valence-corrected chi connectivity index (χ0v) is 11.9. The highest BCUT2D eigenvalue weighted by molar-refractivity contribution is 7.92. The van der Waals surface area contributed by atoms with E-state index in [1.807, 2.05) is 0 Å². The Labute approximate surface area is 123 Å². The lowest BCUT2D eigenvalue weighted by Gasteiger charge is -2.09. The number of benzene rings is 2. The van der Waals surface area contributed by atoms with Crippen molar-refractivity contribution in [1.82, 2.24) is 0 Å². The van der Waals surface area contributed by atoms with Crippen LogP contribution in [0.2, 0.25) is 0 Å². The highest BCUT2D eigenvalue weighted by atomic mass is 32.2. The van der Waals surface area contributed by atoms with Gasteiger partial charge in [-0.15, -0.1) is 0 Å². The summed E-state index contributed by atoms with van der Waals surface area (Å²) in [5.41, 5.74) is 6.04. The third kappa shape index (κ3) is 3.49. The Bertz CT molecular complexity index is 784. The molecule has 5 nitrogen and oxygen atoms in total. The summed E-state index contributed by atoms with van der Waals surface area (Å²) in [5, 5.41) is 0. The van der Waals surface area contributed by atoms with E-state index in [2.05, 4.69) is 11.3 Å². The molecule has 0 aromatic heterocycles. The van der Waals surface area contributed by atoms with Crippen LogP contribution in [0, 0.1) is 0 Å². The second-order valence-corrected chi connectivity index (χ2v) is 6.02. The van der Waals surface area contributed by atoms with Crippen LogP contribution in [0.1, 0.15) is 5.56 Å². The Hall–Kier alpha value is -2.60. The molecule has 3 N–H and O–H groups in total. The van der Waals surface area contributed by atoms with Crippen LogP contribution in [0.4, 0.5) is 5.69 Å². The number of para-hydroxylation sites is 1. The van der Waals surface area contributed by atoms with Crippen molar-refractivity contribution in [3.8, 4) is 0 Å². The highest BCUT2D eigenvalue weighted by Gasteiger charge is 2.16. The summed E-state index contributed by atoms with van der Waals surface area (Å²) in [5.74, 6) is -0.694. The molecule has 0 saturated heterocycles. The van der Waals surface area contributed by atoms with Gasteiger partial charge in [-0.05, 0) is 29.8 Å². The van der Waals surface area contributed by atoms with Crippen LogP contribution in [0.25, 0.3) is 5.57 Å². The Kier molecular flexibility index (Phi) is 4.09. The third-order valence-electron chi connectivity index (χ3n) is 2.82. The van der Waals surface area contributed by atoms with Gasteiger partial charge in [-0.2, -0.15) is 0 Å². The van der Waals surface area contributed by atoms with Crippen molar-refractivity contribution >= 4 is 27.2 Å². The summed E-state index contributed by atoms with van der Waals surface area (Å²) < 4.78 is 27.0. The van der Waals surface area contributed by atoms with Crippen LogP contribution >= 0.6 is 0 Å². The molecule has 0 bridgehead atoms. The first-order valence-electron chi connectivity index (χ1n) is 6.07. The molecule has 21 heavy (non-hydrogen) atoms. The number of hydrogen-bond donors (Lipinski definition) is 2. The molecule has 2 aromatic carbocycles. The third-order valence-corrected chi connectivity index (χ3v) is 4.20. The maximum Gasteiger partial charge on any atom is 0.261 e. The summed E-state index contributed by atoms with van der Waals surface area (Å²) in [6.07, 6.45) is 0. The molecule has 6 heteroatoms. The maximum atomic E-state index is 12.3. The fourth-order valence-electron chi connectivity index (χ4n) is 1.71. The summed E-state index contributed by atoms with van der Waals surface area (Å²) >= 11 is 0. The van der Waals surface area contributed by atoms with Gasteiger partial charge in [0, 0.05) is 11.3 Å². The molecular weight excluding hydrogens is 288 g/mol. The number of anilines is 1. The van der Waals surface area contributed by atoms with Crippen molar-refractivity contribution in [2.75, 3.05) is 4.72 Å². The summed E-state index contributed by atoms with van der Waals surface area (Å²) in [6.45, 7) is 3.54. The average molecular weight is 302 g/mol. The quantitative estimate of drug-likeness (QED) is 0.828. The average Bonchev–Trinajstić information content (AvgIpc) is 2.47. The van der Waals surface area contributed by atoms with E-state index in [0.717, 1.165) is 0 Å². The number of nitrogens with one attached hydrogen (secondary N) is 1. The minimum absolute atomic E-state index is 0.0336. The van der Waals surface area contributed by atoms with Gasteiger partial charge < -0.3 is 5.73 Å². The van der Waals surface area contributed by atoms with Gasteiger partial charge in [0.15, 0.2) is 0 Å². The van der Waals surface area contributed by atoms with Crippen LogP contribution in [0.3, 0.4) is 0 Å². The van der Waals surface area contributed by atoms with E-state index in [0.29, 0.717) is 11.3 Å². The lowest BCUT2D eigenvalue weighted by molar-refractivity contribution is -0.112. The van der Waals surface area contributed by atoms with Crippen molar-refractivity contribution in [2.24, 2.45) is 5.73 Å². The van der Waals surface area contributed by atoms with E-state index in [9.17, 15) is 13.2 Å². The fraction of sp³-hybridized carbons (Fsp3) is 0. The molecule has 0 fully saturated rings. The molecule has 0 aliphatic rings. The smallest absolute Gasteiger partial charge is 0.261 e. The molecule has 1 amide bonds. The van der Waals surface area contributed by atoms with Gasteiger partial charge in [0.2, 0.25) is 5.91 Å². The topological polar surface area (TPSA) is 89.3 Å². The molecular formula is C15H14N2O3S. The molecule has 2 aromatic rings. The lowest BCUT2D eigenvalue weighted by atomic mass is 10.1. The van der Waals surface area contributed by atoms with Crippen LogP contribution < -0.4 is 10.5 Å². The predicted molar refractivity (Wildman–Crippen MR) is 81.9 cm³/mol. The maximum absolute atomic E-state index is 12.3. The number of sulfonamides is 1. The van der Waals surface area contributed by atoms with Gasteiger partial charge in [-0.25, -0.2) is 8.42 Å².